The van der Waals surface area contributed by atoms with E-state index in [1.54, 1.807) is 31.4 Å². The van der Waals surface area contributed by atoms with Crippen molar-refractivity contribution in [1.82, 2.24) is 5.32 Å². The monoisotopic (exact) mass is 269 g/mol. The molecule has 1 saturated heterocycles. The van der Waals surface area contributed by atoms with E-state index in [9.17, 15) is 8.42 Å². The van der Waals surface area contributed by atoms with Crippen LogP contribution in [0.5, 0.6) is 5.75 Å². The molecule has 1 aromatic rings. The van der Waals surface area contributed by atoms with Gasteiger partial charge in [-0.15, -0.1) is 0 Å². The van der Waals surface area contributed by atoms with Gasteiger partial charge in [-0.05, 0) is 56.1 Å². The molecule has 5 heteroatoms. The fourth-order valence-electron chi connectivity index (χ4n) is 2.26. The van der Waals surface area contributed by atoms with Crippen LogP contribution in [0.25, 0.3) is 0 Å². The summed E-state index contributed by atoms with van der Waals surface area (Å²) in [6.07, 6.45) is 2.05. The second-order valence-electron chi connectivity index (χ2n) is 4.67. The molecule has 18 heavy (non-hydrogen) atoms. The molecule has 1 aliphatic heterocycles. The number of hydrogen-bond acceptors (Lipinski definition) is 4. The maximum absolute atomic E-state index is 12.2. The fourth-order valence-corrected chi connectivity index (χ4v) is 3.90. The van der Waals surface area contributed by atoms with Crippen LogP contribution < -0.4 is 10.1 Å². The van der Waals surface area contributed by atoms with Crippen LogP contribution in [0.1, 0.15) is 12.8 Å². The van der Waals surface area contributed by atoms with Crippen molar-refractivity contribution in [2.45, 2.75) is 17.7 Å². The molecule has 0 unspecified atom stereocenters. The van der Waals surface area contributed by atoms with E-state index in [0.717, 1.165) is 25.9 Å². The Balaban J connectivity index is 2.08. The first kappa shape index (κ1) is 13.4. The number of methoxy groups -OCH3 is 1. The Bertz CT molecular complexity index is 475. The van der Waals surface area contributed by atoms with Crippen LogP contribution in [0.4, 0.5) is 0 Å². The van der Waals surface area contributed by atoms with Crippen molar-refractivity contribution in [2.24, 2.45) is 5.92 Å². The van der Waals surface area contributed by atoms with E-state index in [-0.39, 0.29) is 11.7 Å². The molecule has 2 rings (SSSR count). The summed E-state index contributed by atoms with van der Waals surface area (Å²) >= 11 is 0. The van der Waals surface area contributed by atoms with Crippen molar-refractivity contribution >= 4 is 9.84 Å². The highest BCUT2D eigenvalue weighted by Crippen LogP contribution is 2.20. The minimum absolute atomic E-state index is 0.228. The van der Waals surface area contributed by atoms with E-state index in [1.165, 1.54) is 0 Å². The second kappa shape index (κ2) is 5.71. The standard InChI is InChI=1S/C13H19NO3S/c1-17-12-4-6-13(7-5-12)18(15,16)10-11-3-2-8-14-9-11/h4-7,11,14H,2-3,8-10H2,1H3/t11-/m0/s1. The Kier molecular flexibility index (Phi) is 4.24. The van der Waals surface area contributed by atoms with Gasteiger partial charge < -0.3 is 10.1 Å². The molecule has 0 spiro atoms. The number of rotatable bonds is 4. The Hall–Kier alpha value is -1.07. The third-order valence-electron chi connectivity index (χ3n) is 3.27. The molecular weight excluding hydrogens is 250 g/mol. The van der Waals surface area contributed by atoms with Gasteiger partial charge in [0.2, 0.25) is 0 Å². The predicted molar refractivity (Wildman–Crippen MR) is 70.6 cm³/mol. The minimum Gasteiger partial charge on any atom is -0.497 e. The van der Waals surface area contributed by atoms with Gasteiger partial charge in [0.15, 0.2) is 9.84 Å². The molecule has 1 aliphatic rings. The summed E-state index contributed by atoms with van der Waals surface area (Å²) in [4.78, 5) is 0.383. The van der Waals surface area contributed by atoms with Gasteiger partial charge in [0.25, 0.3) is 0 Å². The predicted octanol–water partition coefficient (Wildman–Crippen LogP) is 1.47. The van der Waals surface area contributed by atoms with Crippen molar-refractivity contribution in [3.8, 4) is 5.75 Å². The third kappa shape index (κ3) is 3.23. The van der Waals surface area contributed by atoms with E-state index in [4.69, 9.17) is 4.74 Å². The van der Waals surface area contributed by atoms with Crippen LogP contribution in [0.15, 0.2) is 29.2 Å². The average molecular weight is 269 g/mol. The highest BCUT2D eigenvalue weighted by atomic mass is 32.2. The van der Waals surface area contributed by atoms with Gasteiger partial charge in [-0.1, -0.05) is 0 Å². The smallest absolute Gasteiger partial charge is 0.178 e. The molecule has 1 aromatic carbocycles. The Morgan fingerprint density at radius 2 is 2.06 bits per heavy atom. The summed E-state index contributed by atoms with van der Waals surface area (Å²) in [6.45, 7) is 1.80. The van der Waals surface area contributed by atoms with E-state index < -0.39 is 9.84 Å². The summed E-state index contributed by atoms with van der Waals surface area (Å²) in [5.74, 6) is 1.13. The summed E-state index contributed by atoms with van der Waals surface area (Å²) in [6, 6.07) is 6.60. The van der Waals surface area contributed by atoms with E-state index in [0.29, 0.717) is 10.6 Å². The van der Waals surface area contributed by atoms with Crippen LogP contribution in [-0.4, -0.2) is 34.4 Å². The van der Waals surface area contributed by atoms with E-state index in [1.807, 2.05) is 0 Å². The Morgan fingerprint density at radius 3 is 2.61 bits per heavy atom. The van der Waals surface area contributed by atoms with Gasteiger partial charge in [0.05, 0.1) is 17.8 Å². The van der Waals surface area contributed by atoms with Crippen molar-refractivity contribution in [3.63, 3.8) is 0 Å². The lowest BCUT2D eigenvalue weighted by Gasteiger charge is -2.22. The van der Waals surface area contributed by atoms with Crippen molar-refractivity contribution in [3.05, 3.63) is 24.3 Å². The van der Waals surface area contributed by atoms with Gasteiger partial charge in [0.1, 0.15) is 5.75 Å². The fraction of sp³-hybridized carbons (Fsp3) is 0.538. The molecule has 1 fully saturated rings. The van der Waals surface area contributed by atoms with Gasteiger partial charge >= 0.3 is 0 Å². The zero-order chi connectivity index (χ0) is 13.0. The lowest BCUT2D eigenvalue weighted by atomic mass is 10.0. The number of piperidine rings is 1. The molecule has 0 bridgehead atoms. The van der Waals surface area contributed by atoms with Gasteiger partial charge in [-0.25, -0.2) is 8.42 Å². The Labute approximate surface area is 108 Å². The SMILES string of the molecule is COc1ccc(S(=O)(=O)C[C@H]2CCCNC2)cc1. The minimum atomic E-state index is -3.18. The van der Waals surface area contributed by atoms with Crippen LogP contribution in [0, 0.1) is 5.92 Å². The van der Waals surface area contributed by atoms with Gasteiger partial charge in [-0.2, -0.15) is 0 Å². The van der Waals surface area contributed by atoms with Crippen LogP contribution in [-0.2, 0) is 9.84 Å². The van der Waals surface area contributed by atoms with Crippen molar-refractivity contribution < 1.29 is 13.2 Å². The van der Waals surface area contributed by atoms with Gasteiger partial charge in [-0.3, -0.25) is 0 Å². The van der Waals surface area contributed by atoms with Crippen molar-refractivity contribution in [1.29, 1.82) is 0 Å². The molecule has 4 nitrogen and oxygen atoms in total. The average Bonchev–Trinajstić information content (AvgIpc) is 2.39. The largest absolute Gasteiger partial charge is 0.497 e. The van der Waals surface area contributed by atoms with Crippen LogP contribution >= 0.6 is 0 Å². The van der Waals surface area contributed by atoms with Crippen LogP contribution in [0.2, 0.25) is 0 Å². The number of hydrogen-bond donors (Lipinski definition) is 1. The highest BCUT2D eigenvalue weighted by molar-refractivity contribution is 7.91. The number of ether oxygens (including phenoxy) is 1. The lowest BCUT2D eigenvalue weighted by molar-refractivity contribution is 0.404. The third-order valence-corrected chi connectivity index (χ3v) is 5.17. The number of benzene rings is 1. The van der Waals surface area contributed by atoms with E-state index >= 15 is 0 Å². The van der Waals surface area contributed by atoms with Crippen molar-refractivity contribution in [2.75, 3.05) is 26.0 Å². The molecule has 1 heterocycles. The molecule has 100 valence electrons. The molecule has 0 amide bonds. The first-order valence-electron chi connectivity index (χ1n) is 6.19. The molecule has 0 saturated carbocycles. The van der Waals surface area contributed by atoms with Gasteiger partial charge in [0, 0.05) is 0 Å². The highest BCUT2D eigenvalue weighted by Gasteiger charge is 2.22. The maximum Gasteiger partial charge on any atom is 0.178 e. The topological polar surface area (TPSA) is 55.4 Å². The van der Waals surface area contributed by atoms with Crippen LogP contribution in [0.3, 0.4) is 0 Å². The lowest BCUT2D eigenvalue weighted by Crippen LogP contribution is -2.33. The summed E-state index contributed by atoms with van der Waals surface area (Å²) in [7, 11) is -1.61. The first-order chi connectivity index (χ1) is 8.62. The maximum atomic E-state index is 12.2. The quantitative estimate of drug-likeness (QED) is 0.899. The van der Waals surface area contributed by atoms with E-state index in [2.05, 4.69) is 5.32 Å². The Morgan fingerprint density at radius 1 is 1.33 bits per heavy atom. The molecule has 0 radical (unpaired) electrons. The number of sulfone groups is 1. The molecular formula is C13H19NO3S. The summed E-state index contributed by atoms with van der Waals surface area (Å²) in [5.41, 5.74) is 0. The normalized spacial score (nSPS) is 20.6. The molecule has 1 N–H and O–H groups in total. The first-order valence-corrected chi connectivity index (χ1v) is 7.84. The molecule has 1 atom stereocenters. The second-order valence-corrected chi connectivity index (χ2v) is 6.70. The molecule has 0 aliphatic carbocycles. The summed E-state index contributed by atoms with van der Waals surface area (Å²) in [5, 5.41) is 3.24. The molecule has 0 aromatic heterocycles. The zero-order valence-electron chi connectivity index (χ0n) is 10.6. The zero-order valence-corrected chi connectivity index (χ0v) is 11.4. The summed E-state index contributed by atoms with van der Waals surface area (Å²) < 4.78 is 29.5. The number of nitrogens with one attached hydrogen (secondary N) is 1.